The zero-order chi connectivity index (χ0) is 20.5. The molecule has 7 heteroatoms. The van der Waals surface area contributed by atoms with Gasteiger partial charge in [-0.25, -0.2) is 0 Å². The van der Waals surface area contributed by atoms with Crippen LogP contribution in [0.4, 0.5) is 0 Å². The number of rotatable bonds is 9. The lowest BCUT2D eigenvalue weighted by atomic mass is 10.1. The Labute approximate surface area is 180 Å². The van der Waals surface area contributed by atoms with Crippen molar-refractivity contribution in [3.05, 3.63) is 69.7 Å². The predicted octanol–water partition coefficient (Wildman–Crippen LogP) is 4.43. The molecule has 2 amide bonds. The maximum atomic E-state index is 12.8. The third-order valence-corrected chi connectivity index (χ3v) is 6.10. The first-order valence-electron chi connectivity index (χ1n) is 8.99. The SMILES string of the molecule is CNC(=O)[C@H](C)N(CCc1ccccc1)C(=O)CSCc1ccc(Cl)c(Cl)c1. The fourth-order valence-electron chi connectivity index (χ4n) is 2.75. The second-order valence-electron chi connectivity index (χ2n) is 6.35. The van der Waals surface area contributed by atoms with Gasteiger partial charge in [-0.1, -0.05) is 59.6 Å². The first-order chi connectivity index (χ1) is 13.4. The van der Waals surface area contributed by atoms with Gasteiger partial charge < -0.3 is 10.2 Å². The highest BCUT2D eigenvalue weighted by molar-refractivity contribution is 7.99. The van der Waals surface area contributed by atoms with Gasteiger partial charge in [0.05, 0.1) is 15.8 Å². The lowest BCUT2D eigenvalue weighted by molar-refractivity contribution is -0.137. The van der Waals surface area contributed by atoms with Crippen LogP contribution < -0.4 is 5.32 Å². The highest BCUT2D eigenvalue weighted by Gasteiger charge is 2.24. The molecule has 0 radical (unpaired) electrons. The van der Waals surface area contributed by atoms with E-state index < -0.39 is 6.04 Å². The number of amides is 2. The topological polar surface area (TPSA) is 49.4 Å². The first kappa shape index (κ1) is 22.6. The summed E-state index contributed by atoms with van der Waals surface area (Å²) in [6, 6.07) is 14.9. The molecule has 0 bridgehead atoms. The van der Waals surface area contributed by atoms with Crippen molar-refractivity contribution < 1.29 is 9.59 Å². The lowest BCUT2D eigenvalue weighted by Gasteiger charge is -2.28. The predicted molar refractivity (Wildman–Crippen MR) is 118 cm³/mol. The summed E-state index contributed by atoms with van der Waals surface area (Å²) in [5, 5.41) is 3.64. The summed E-state index contributed by atoms with van der Waals surface area (Å²) in [5.41, 5.74) is 2.13. The number of likely N-dealkylation sites (N-methyl/N-ethyl adjacent to an activating group) is 1. The van der Waals surface area contributed by atoms with Crippen LogP contribution in [-0.2, 0) is 21.8 Å². The molecule has 0 saturated heterocycles. The zero-order valence-corrected chi connectivity index (χ0v) is 18.3. The normalized spacial score (nSPS) is 11.7. The monoisotopic (exact) mass is 438 g/mol. The van der Waals surface area contributed by atoms with Crippen LogP contribution in [0.5, 0.6) is 0 Å². The molecule has 2 aromatic carbocycles. The van der Waals surface area contributed by atoms with Gasteiger partial charge >= 0.3 is 0 Å². The van der Waals surface area contributed by atoms with E-state index in [9.17, 15) is 9.59 Å². The van der Waals surface area contributed by atoms with Gasteiger partial charge in [0, 0.05) is 19.3 Å². The van der Waals surface area contributed by atoms with Gasteiger partial charge in [-0.05, 0) is 36.6 Å². The summed E-state index contributed by atoms with van der Waals surface area (Å²) in [7, 11) is 1.58. The summed E-state index contributed by atoms with van der Waals surface area (Å²) in [6.45, 7) is 2.25. The minimum atomic E-state index is -0.521. The second-order valence-corrected chi connectivity index (χ2v) is 8.15. The Kier molecular flexibility index (Phi) is 9.16. The van der Waals surface area contributed by atoms with Crippen LogP contribution in [0.3, 0.4) is 0 Å². The molecule has 2 aromatic rings. The zero-order valence-electron chi connectivity index (χ0n) is 16.0. The highest BCUT2D eigenvalue weighted by Crippen LogP contribution is 2.24. The molecule has 0 unspecified atom stereocenters. The van der Waals surface area contributed by atoms with Crippen molar-refractivity contribution in [1.82, 2.24) is 10.2 Å². The number of nitrogens with one attached hydrogen (secondary N) is 1. The smallest absolute Gasteiger partial charge is 0.242 e. The molecule has 0 saturated carbocycles. The van der Waals surface area contributed by atoms with Crippen LogP contribution in [0.25, 0.3) is 0 Å². The maximum absolute atomic E-state index is 12.8. The van der Waals surface area contributed by atoms with Gasteiger partial charge in [-0.15, -0.1) is 11.8 Å². The van der Waals surface area contributed by atoms with Crippen LogP contribution in [0.15, 0.2) is 48.5 Å². The van der Waals surface area contributed by atoms with Crippen molar-refractivity contribution in [3.8, 4) is 0 Å². The highest BCUT2D eigenvalue weighted by atomic mass is 35.5. The summed E-state index contributed by atoms with van der Waals surface area (Å²) < 4.78 is 0. The quantitative estimate of drug-likeness (QED) is 0.629. The third-order valence-electron chi connectivity index (χ3n) is 4.38. The molecule has 28 heavy (non-hydrogen) atoms. The Morgan fingerprint density at radius 3 is 2.43 bits per heavy atom. The van der Waals surface area contributed by atoms with Crippen LogP contribution in [0.2, 0.25) is 10.0 Å². The summed E-state index contributed by atoms with van der Waals surface area (Å²) in [5.74, 6) is 0.702. The van der Waals surface area contributed by atoms with E-state index in [1.165, 1.54) is 11.8 Å². The van der Waals surface area contributed by atoms with Crippen LogP contribution in [-0.4, -0.2) is 42.1 Å². The number of hydrogen-bond acceptors (Lipinski definition) is 3. The van der Waals surface area contributed by atoms with E-state index in [2.05, 4.69) is 5.32 Å². The fourth-order valence-corrected chi connectivity index (χ4v) is 3.93. The van der Waals surface area contributed by atoms with Gasteiger partial charge in [-0.2, -0.15) is 0 Å². The van der Waals surface area contributed by atoms with E-state index in [1.54, 1.807) is 24.9 Å². The average molecular weight is 439 g/mol. The van der Waals surface area contributed by atoms with E-state index in [1.807, 2.05) is 42.5 Å². The van der Waals surface area contributed by atoms with E-state index in [4.69, 9.17) is 23.2 Å². The summed E-state index contributed by atoms with van der Waals surface area (Å²) in [4.78, 5) is 26.6. The van der Waals surface area contributed by atoms with Crippen molar-refractivity contribution in [1.29, 1.82) is 0 Å². The van der Waals surface area contributed by atoms with E-state index in [0.717, 1.165) is 11.1 Å². The van der Waals surface area contributed by atoms with E-state index >= 15 is 0 Å². The van der Waals surface area contributed by atoms with Crippen LogP contribution in [0.1, 0.15) is 18.1 Å². The number of carbonyl (C=O) groups is 2. The van der Waals surface area contributed by atoms with Gasteiger partial charge in [0.1, 0.15) is 6.04 Å². The molecular weight excluding hydrogens is 415 g/mol. The molecule has 0 heterocycles. The molecule has 0 aliphatic heterocycles. The molecule has 1 atom stereocenters. The molecule has 1 N–H and O–H groups in total. The van der Waals surface area contributed by atoms with Gasteiger partial charge in [0.2, 0.25) is 11.8 Å². The van der Waals surface area contributed by atoms with Gasteiger partial charge in [-0.3, -0.25) is 9.59 Å². The number of carbonyl (C=O) groups excluding carboxylic acids is 2. The van der Waals surface area contributed by atoms with Crippen LogP contribution >= 0.6 is 35.0 Å². The number of benzene rings is 2. The average Bonchev–Trinajstić information content (AvgIpc) is 2.70. The van der Waals surface area contributed by atoms with E-state index in [-0.39, 0.29) is 17.6 Å². The second kappa shape index (κ2) is 11.3. The number of thioether (sulfide) groups is 1. The summed E-state index contributed by atoms with van der Waals surface area (Å²) in [6.07, 6.45) is 0.700. The Morgan fingerprint density at radius 2 is 1.79 bits per heavy atom. The molecule has 0 fully saturated rings. The largest absolute Gasteiger partial charge is 0.357 e. The maximum Gasteiger partial charge on any atom is 0.242 e. The summed E-state index contributed by atoms with van der Waals surface area (Å²) >= 11 is 13.5. The van der Waals surface area contributed by atoms with Gasteiger partial charge in [0.15, 0.2) is 0 Å². The Bertz CT molecular complexity index is 802. The van der Waals surface area contributed by atoms with E-state index in [0.29, 0.717) is 28.8 Å². The van der Waals surface area contributed by atoms with Crippen molar-refractivity contribution >= 4 is 46.8 Å². The third kappa shape index (κ3) is 6.73. The van der Waals surface area contributed by atoms with Crippen LogP contribution in [0, 0.1) is 0 Å². The van der Waals surface area contributed by atoms with Gasteiger partial charge in [0.25, 0.3) is 0 Å². The number of nitrogens with zero attached hydrogens (tertiary/aromatic N) is 1. The fraction of sp³-hybridized carbons (Fsp3) is 0.333. The standard InChI is InChI=1S/C21H24Cl2N2O2S/c1-15(21(27)24-2)25(11-10-16-6-4-3-5-7-16)20(26)14-28-13-17-8-9-18(22)19(23)12-17/h3-9,12,15H,10-11,13-14H2,1-2H3,(H,24,27)/t15-/m0/s1. The molecule has 0 aromatic heterocycles. The van der Waals surface area contributed by atoms with Crippen molar-refractivity contribution in [2.24, 2.45) is 0 Å². The molecule has 0 spiro atoms. The number of hydrogen-bond donors (Lipinski definition) is 1. The van der Waals surface area contributed by atoms with Crippen molar-refractivity contribution in [2.45, 2.75) is 25.1 Å². The number of halogens is 2. The van der Waals surface area contributed by atoms with Crippen molar-refractivity contribution in [3.63, 3.8) is 0 Å². The Morgan fingerprint density at radius 1 is 1.07 bits per heavy atom. The Balaban J connectivity index is 1.96. The Hall–Kier alpha value is -1.69. The minimum Gasteiger partial charge on any atom is -0.357 e. The molecule has 150 valence electrons. The molecular formula is C21H24Cl2N2O2S. The molecule has 0 aliphatic carbocycles. The lowest BCUT2D eigenvalue weighted by Crippen LogP contribution is -2.48. The first-order valence-corrected chi connectivity index (χ1v) is 10.9. The molecule has 4 nitrogen and oxygen atoms in total. The molecule has 0 aliphatic rings. The molecule has 2 rings (SSSR count). The minimum absolute atomic E-state index is 0.0582. The van der Waals surface area contributed by atoms with Crippen molar-refractivity contribution in [2.75, 3.05) is 19.3 Å².